The summed E-state index contributed by atoms with van der Waals surface area (Å²) in [6, 6.07) is 9.03. The van der Waals surface area contributed by atoms with Gasteiger partial charge in [-0.15, -0.1) is 0 Å². The lowest BCUT2D eigenvalue weighted by molar-refractivity contribution is 0.257. The number of amides is 2. The zero-order valence-electron chi connectivity index (χ0n) is 7.05. The van der Waals surface area contributed by atoms with Gasteiger partial charge in [0.1, 0.15) is 0 Å². The largest absolute Gasteiger partial charge is 0.350 e. The van der Waals surface area contributed by atoms with Crippen LogP contribution in [0.2, 0.25) is 0 Å². The molecule has 3 nitrogen and oxygen atoms in total. The molecule has 66 valence electrons. The van der Waals surface area contributed by atoms with Gasteiger partial charge in [-0.2, -0.15) is 0 Å². The van der Waals surface area contributed by atoms with Crippen LogP contribution in [0.3, 0.4) is 0 Å². The number of nitrogens with two attached hydrogens (primary N) is 1. The van der Waals surface area contributed by atoms with E-state index >= 15 is 0 Å². The molecular formula is C10H10N2O. The summed E-state index contributed by atoms with van der Waals surface area (Å²) >= 11 is 0. The van der Waals surface area contributed by atoms with Crippen LogP contribution < -0.4 is 5.73 Å². The molecule has 0 saturated carbocycles. The summed E-state index contributed by atoms with van der Waals surface area (Å²) in [4.78, 5) is 13.6. The van der Waals surface area contributed by atoms with E-state index in [1.807, 2.05) is 36.4 Å². The number of hydrogen-bond acceptors (Lipinski definition) is 1. The molecular weight excluding hydrogens is 164 g/mol. The Labute approximate surface area is 76.6 Å². The van der Waals surface area contributed by atoms with Gasteiger partial charge in [0, 0.05) is 6.21 Å². The molecule has 0 radical (unpaired) electrons. The van der Waals surface area contributed by atoms with E-state index in [1.165, 1.54) is 6.21 Å². The number of benzene rings is 1. The molecule has 0 atom stereocenters. The highest BCUT2D eigenvalue weighted by atomic mass is 16.2. The third kappa shape index (κ3) is 3.86. The minimum atomic E-state index is -0.683. The molecule has 2 N–H and O–H groups in total. The van der Waals surface area contributed by atoms with Crippen LogP contribution in [0.15, 0.2) is 41.4 Å². The van der Waals surface area contributed by atoms with Crippen LogP contribution in [0.5, 0.6) is 0 Å². The van der Waals surface area contributed by atoms with Crippen molar-refractivity contribution >= 4 is 18.3 Å². The van der Waals surface area contributed by atoms with E-state index in [9.17, 15) is 4.79 Å². The summed E-state index contributed by atoms with van der Waals surface area (Å²) in [6.45, 7) is 0. The van der Waals surface area contributed by atoms with Gasteiger partial charge < -0.3 is 5.73 Å². The number of allylic oxidation sites excluding steroid dienone is 1. The minimum absolute atomic E-state index is 0.683. The summed E-state index contributed by atoms with van der Waals surface area (Å²) in [5.41, 5.74) is 5.86. The third-order valence-electron chi connectivity index (χ3n) is 1.38. The molecule has 3 heteroatoms. The first-order chi connectivity index (χ1) is 6.29. The number of carbonyl (C=O) groups excluding carboxylic acids is 1. The van der Waals surface area contributed by atoms with Gasteiger partial charge >= 0.3 is 6.03 Å². The molecule has 1 aromatic rings. The number of carbonyl (C=O) groups is 1. The Morgan fingerprint density at radius 1 is 1.31 bits per heavy atom. The van der Waals surface area contributed by atoms with E-state index in [0.29, 0.717) is 0 Å². The predicted molar refractivity (Wildman–Crippen MR) is 53.6 cm³/mol. The fraction of sp³-hybridized carbons (Fsp3) is 0. The van der Waals surface area contributed by atoms with Crippen molar-refractivity contribution in [2.75, 3.05) is 0 Å². The van der Waals surface area contributed by atoms with Gasteiger partial charge in [-0.1, -0.05) is 36.4 Å². The first-order valence-electron chi connectivity index (χ1n) is 3.84. The first-order valence-corrected chi connectivity index (χ1v) is 3.84. The maximum atomic E-state index is 10.2. The van der Waals surface area contributed by atoms with Gasteiger partial charge in [0.05, 0.1) is 0 Å². The standard InChI is InChI=1S/C10H10N2O/c11-10(13)12-8-4-7-9-5-2-1-3-6-9/h1-8H,(H2,11,13)/b7-4+,12-8+. The summed E-state index contributed by atoms with van der Waals surface area (Å²) in [5.74, 6) is 0. The fourth-order valence-electron chi connectivity index (χ4n) is 0.835. The highest BCUT2D eigenvalue weighted by Gasteiger charge is 1.81. The van der Waals surface area contributed by atoms with Crippen molar-refractivity contribution in [2.24, 2.45) is 10.7 Å². The SMILES string of the molecule is NC(=O)/N=C/C=C/c1ccccc1. The number of rotatable bonds is 2. The van der Waals surface area contributed by atoms with Gasteiger partial charge in [-0.05, 0) is 11.6 Å². The van der Waals surface area contributed by atoms with Crippen LogP contribution in [-0.2, 0) is 0 Å². The van der Waals surface area contributed by atoms with Gasteiger partial charge in [0.25, 0.3) is 0 Å². The highest BCUT2D eigenvalue weighted by Crippen LogP contribution is 1.99. The molecule has 0 aliphatic heterocycles. The topological polar surface area (TPSA) is 55.5 Å². The Morgan fingerprint density at radius 2 is 2.00 bits per heavy atom. The smallest absolute Gasteiger partial charge is 0.338 e. The minimum Gasteiger partial charge on any atom is -0.350 e. The van der Waals surface area contributed by atoms with Crippen LogP contribution in [0.25, 0.3) is 6.08 Å². The predicted octanol–water partition coefficient (Wildman–Crippen LogP) is 1.85. The molecule has 0 fully saturated rings. The average molecular weight is 174 g/mol. The zero-order valence-corrected chi connectivity index (χ0v) is 7.05. The normalized spacial score (nSPS) is 11.1. The van der Waals surface area contributed by atoms with E-state index < -0.39 is 6.03 Å². The van der Waals surface area contributed by atoms with Crippen molar-refractivity contribution in [1.82, 2.24) is 0 Å². The van der Waals surface area contributed by atoms with E-state index in [4.69, 9.17) is 5.73 Å². The Hall–Kier alpha value is -1.90. The Kier molecular flexibility index (Phi) is 3.45. The van der Waals surface area contributed by atoms with E-state index in [0.717, 1.165) is 5.56 Å². The van der Waals surface area contributed by atoms with Gasteiger partial charge in [-0.25, -0.2) is 9.79 Å². The number of urea groups is 1. The Morgan fingerprint density at radius 3 is 2.62 bits per heavy atom. The summed E-state index contributed by atoms with van der Waals surface area (Å²) < 4.78 is 0. The fourth-order valence-corrected chi connectivity index (χ4v) is 0.835. The van der Waals surface area contributed by atoms with Crippen LogP contribution >= 0.6 is 0 Å². The second kappa shape index (κ2) is 4.87. The second-order valence-corrected chi connectivity index (χ2v) is 2.39. The van der Waals surface area contributed by atoms with Crippen molar-refractivity contribution in [3.05, 3.63) is 42.0 Å². The molecule has 13 heavy (non-hydrogen) atoms. The lowest BCUT2D eigenvalue weighted by Gasteiger charge is -1.87. The molecule has 0 bridgehead atoms. The van der Waals surface area contributed by atoms with Crippen molar-refractivity contribution in [2.45, 2.75) is 0 Å². The molecule has 1 aromatic carbocycles. The van der Waals surface area contributed by atoms with Gasteiger partial charge in [0.15, 0.2) is 0 Å². The van der Waals surface area contributed by atoms with Crippen molar-refractivity contribution in [3.63, 3.8) is 0 Å². The number of hydrogen-bond donors (Lipinski definition) is 1. The van der Waals surface area contributed by atoms with E-state index in [1.54, 1.807) is 6.08 Å². The first kappa shape index (κ1) is 9.19. The van der Waals surface area contributed by atoms with E-state index in [2.05, 4.69) is 4.99 Å². The molecule has 0 unspecified atom stereocenters. The second-order valence-electron chi connectivity index (χ2n) is 2.39. The Balaban J connectivity index is 2.55. The van der Waals surface area contributed by atoms with E-state index in [-0.39, 0.29) is 0 Å². The maximum Gasteiger partial charge on any atom is 0.338 e. The molecule has 0 aromatic heterocycles. The zero-order chi connectivity index (χ0) is 9.52. The van der Waals surface area contributed by atoms with Crippen molar-refractivity contribution in [3.8, 4) is 0 Å². The number of nitrogens with zero attached hydrogens (tertiary/aromatic N) is 1. The summed E-state index contributed by atoms with van der Waals surface area (Å²) in [5, 5.41) is 0. The molecule has 1 rings (SSSR count). The third-order valence-corrected chi connectivity index (χ3v) is 1.38. The molecule has 0 heterocycles. The summed E-state index contributed by atoms with van der Waals surface area (Å²) in [7, 11) is 0. The average Bonchev–Trinajstić information content (AvgIpc) is 2.14. The van der Waals surface area contributed by atoms with Crippen molar-refractivity contribution in [1.29, 1.82) is 0 Å². The monoisotopic (exact) mass is 174 g/mol. The number of primary amides is 1. The quantitative estimate of drug-likeness (QED) is 0.683. The lowest BCUT2D eigenvalue weighted by Crippen LogP contribution is -2.03. The maximum absolute atomic E-state index is 10.2. The molecule has 0 saturated heterocycles. The van der Waals surface area contributed by atoms with Crippen LogP contribution in [-0.4, -0.2) is 12.2 Å². The highest BCUT2D eigenvalue weighted by molar-refractivity contribution is 5.88. The lowest BCUT2D eigenvalue weighted by atomic mass is 10.2. The Bertz CT molecular complexity index is 328. The van der Waals surface area contributed by atoms with Gasteiger partial charge in [0.2, 0.25) is 0 Å². The molecule has 0 aliphatic carbocycles. The van der Waals surface area contributed by atoms with Crippen LogP contribution in [0.1, 0.15) is 5.56 Å². The summed E-state index contributed by atoms with van der Waals surface area (Å²) in [6.07, 6.45) is 4.88. The van der Waals surface area contributed by atoms with Gasteiger partial charge in [-0.3, -0.25) is 0 Å². The number of aliphatic imine (C=N–C) groups is 1. The molecule has 0 aliphatic rings. The van der Waals surface area contributed by atoms with Crippen molar-refractivity contribution < 1.29 is 4.79 Å². The van der Waals surface area contributed by atoms with Crippen LogP contribution in [0.4, 0.5) is 4.79 Å². The molecule has 2 amide bonds. The van der Waals surface area contributed by atoms with Crippen LogP contribution in [0, 0.1) is 0 Å². The molecule has 0 spiro atoms.